The number of para-hydroxylation sites is 1. The van der Waals surface area contributed by atoms with Crippen LogP contribution in [-0.4, -0.2) is 31.7 Å². The number of nitrogens with zero attached hydrogens (tertiary/aromatic N) is 1. The molecule has 140 valence electrons. The lowest BCUT2D eigenvalue weighted by Gasteiger charge is -2.08. The molecular weight excluding hydrogens is 364 g/mol. The Labute approximate surface area is 161 Å². The number of nitrogens with one attached hydrogen (secondary N) is 1. The van der Waals surface area contributed by atoms with E-state index in [4.69, 9.17) is 14.2 Å². The summed E-state index contributed by atoms with van der Waals surface area (Å²) < 4.78 is 16.2. The van der Waals surface area contributed by atoms with E-state index in [-0.39, 0.29) is 12.3 Å². The van der Waals surface area contributed by atoms with Crippen molar-refractivity contribution in [3.8, 4) is 28.5 Å². The summed E-state index contributed by atoms with van der Waals surface area (Å²) in [6.45, 7) is 0.303. The minimum Gasteiger partial charge on any atom is -0.497 e. The van der Waals surface area contributed by atoms with Crippen LogP contribution < -0.4 is 19.5 Å². The van der Waals surface area contributed by atoms with Gasteiger partial charge in [0.25, 0.3) is 0 Å². The van der Waals surface area contributed by atoms with Gasteiger partial charge in [0.15, 0.2) is 5.13 Å². The zero-order valence-corrected chi connectivity index (χ0v) is 15.9. The molecule has 2 aromatic carbocycles. The van der Waals surface area contributed by atoms with Crippen molar-refractivity contribution in [1.29, 1.82) is 0 Å². The number of aromatic nitrogens is 1. The molecule has 0 saturated heterocycles. The van der Waals surface area contributed by atoms with Crippen LogP contribution in [-0.2, 0) is 4.79 Å². The van der Waals surface area contributed by atoms with Gasteiger partial charge in [-0.05, 0) is 30.3 Å². The molecule has 0 aliphatic rings. The van der Waals surface area contributed by atoms with E-state index < -0.39 is 0 Å². The largest absolute Gasteiger partial charge is 0.497 e. The van der Waals surface area contributed by atoms with E-state index in [2.05, 4.69) is 10.3 Å². The molecule has 0 atom stereocenters. The Morgan fingerprint density at radius 3 is 2.63 bits per heavy atom. The average Bonchev–Trinajstić information content (AvgIpc) is 3.16. The van der Waals surface area contributed by atoms with E-state index in [0.717, 1.165) is 11.3 Å². The summed E-state index contributed by atoms with van der Waals surface area (Å²) in [5.41, 5.74) is 1.52. The Bertz CT molecular complexity index is 896. The van der Waals surface area contributed by atoms with Crippen molar-refractivity contribution < 1.29 is 19.0 Å². The predicted octanol–water partition coefficient (Wildman–Crippen LogP) is 4.23. The van der Waals surface area contributed by atoms with Crippen molar-refractivity contribution in [2.45, 2.75) is 6.42 Å². The second-order valence-electron chi connectivity index (χ2n) is 5.56. The third-order valence-corrected chi connectivity index (χ3v) is 4.53. The minimum atomic E-state index is -0.149. The molecule has 0 saturated carbocycles. The summed E-state index contributed by atoms with van der Waals surface area (Å²) in [6, 6.07) is 14.9. The number of benzene rings is 2. The van der Waals surface area contributed by atoms with Crippen molar-refractivity contribution in [2.75, 3.05) is 26.1 Å². The topological polar surface area (TPSA) is 69.7 Å². The fourth-order valence-corrected chi connectivity index (χ4v) is 3.16. The second kappa shape index (κ2) is 9.05. The summed E-state index contributed by atoms with van der Waals surface area (Å²) in [5.74, 6) is 1.99. The summed E-state index contributed by atoms with van der Waals surface area (Å²) in [6.07, 6.45) is 0.242. The van der Waals surface area contributed by atoms with Crippen LogP contribution >= 0.6 is 11.3 Å². The van der Waals surface area contributed by atoms with Crippen LogP contribution in [0.4, 0.5) is 5.13 Å². The molecular formula is C20H20N2O4S. The van der Waals surface area contributed by atoms with Crippen LogP contribution in [0.15, 0.2) is 53.9 Å². The number of amides is 1. The number of anilines is 1. The Hall–Kier alpha value is -3.06. The molecule has 0 aliphatic carbocycles. The van der Waals surface area contributed by atoms with Gasteiger partial charge in [0.05, 0.1) is 32.9 Å². The first-order valence-electron chi connectivity index (χ1n) is 8.35. The number of hydrogen-bond donors (Lipinski definition) is 1. The highest BCUT2D eigenvalue weighted by atomic mass is 32.1. The lowest BCUT2D eigenvalue weighted by Crippen LogP contribution is -2.15. The van der Waals surface area contributed by atoms with Gasteiger partial charge >= 0.3 is 0 Å². The molecule has 0 radical (unpaired) electrons. The monoisotopic (exact) mass is 384 g/mol. The third kappa shape index (κ3) is 4.98. The number of hydrogen-bond acceptors (Lipinski definition) is 6. The van der Waals surface area contributed by atoms with Gasteiger partial charge in [0, 0.05) is 10.9 Å². The summed E-state index contributed by atoms with van der Waals surface area (Å²) in [7, 11) is 3.21. The number of carbonyl (C=O) groups excluding carboxylic acids is 1. The molecule has 1 amide bonds. The standard InChI is InChI=1S/C20H20N2O4S/c1-24-15-8-9-18(25-2)16(12-15)17-13-27-20(21-17)22-19(23)10-11-26-14-6-4-3-5-7-14/h3-9,12-13H,10-11H2,1-2H3,(H,21,22,23). The van der Waals surface area contributed by atoms with Gasteiger partial charge in [-0.25, -0.2) is 4.98 Å². The Balaban J connectivity index is 1.60. The van der Waals surface area contributed by atoms with Crippen LogP contribution in [0.1, 0.15) is 6.42 Å². The first kappa shape index (κ1) is 18.7. The normalized spacial score (nSPS) is 10.3. The molecule has 1 aromatic heterocycles. The van der Waals surface area contributed by atoms with E-state index in [1.165, 1.54) is 11.3 Å². The zero-order valence-electron chi connectivity index (χ0n) is 15.1. The molecule has 1 N–H and O–H groups in total. The lowest BCUT2D eigenvalue weighted by atomic mass is 10.1. The molecule has 0 aliphatic heterocycles. The van der Waals surface area contributed by atoms with Crippen LogP contribution in [0.3, 0.4) is 0 Å². The number of methoxy groups -OCH3 is 2. The summed E-state index contributed by atoms with van der Waals surface area (Å²) in [5, 5.41) is 5.20. The molecule has 0 fully saturated rings. The first-order chi connectivity index (χ1) is 13.2. The fraction of sp³-hybridized carbons (Fsp3) is 0.200. The van der Waals surface area contributed by atoms with Crippen molar-refractivity contribution >= 4 is 22.4 Å². The molecule has 3 rings (SSSR count). The van der Waals surface area contributed by atoms with Gasteiger partial charge in [0.1, 0.15) is 17.2 Å². The molecule has 3 aromatic rings. The molecule has 1 heterocycles. The third-order valence-electron chi connectivity index (χ3n) is 3.77. The number of ether oxygens (including phenoxy) is 3. The zero-order chi connectivity index (χ0) is 19.1. The van der Waals surface area contributed by atoms with Crippen molar-refractivity contribution in [2.24, 2.45) is 0 Å². The minimum absolute atomic E-state index is 0.149. The van der Waals surface area contributed by atoms with Gasteiger partial charge in [0.2, 0.25) is 5.91 Å². The highest BCUT2D eigenvalue weighted by Crippen LogP contribution is 2.35. The van der Waals surface area contributed by atoms with E-state index in [9.17, 15) is 4.79 Å². The SMILES string of the molecule is COc1ccc(OC)c(-c2csc(NC(=O)CCOc3ccccc3)n2)c1. The van der Waals surface area contributed by atoms with Crippen LogP contribution in [0.2, 0.25) is 0 Å². The number of carbonyl (C=O) groups is 1. The highest BCUT2D eigenvalue weighted by Gasteiger charge is 2.13. The number of rotatable bonds is 8. The van der Waals surface area contributed by atoms with Crippen LogP contribution in [0, 0.1) is 0 Å². The maximum absolute atomic E-state index is 12.1. The van der Waals surface area contributed by atoms with Gasteiger partial charge in [-0.1, -0.05) is 18.2 Å². The van der Waals surface area contributed by atoms with Gasteiger partial charge in [-0.15, -0.1) is 11.3 Å². The maximum atomic E-state index is 12.1. The van der Waals surface area contributed by atoms with E-state index in [1.54, 1.807) is 14.2 Å². The van der Waals surface area contributed by atoms with Crippen molar-refractivity contribution in [1.82, 2.24) is 4.98 Å². The predicted molar refractivity (Wildman–Crippen MR) is 106 cm³/mol. The fourth-order valence-electron chi connectivity index (χ4n) is 2.43. The molecule has 6 nitrogen and oxygen atoms in total. The molecule has 7 heteroatoms. The smallest absolute Gasteiger partial charge is 0.229 e. The Morgan fingerprint density at radius 2 is 1.89 bits per heavy atom. The van der Waals surface area contributed by atoms with E-state index in [1.807, 2.05) is 53.9 Å². The summed E-state index contributed by atoms with van der Waals surface area (Å²) >= 11 is 1.35. The quantitative estimate of drug-likeness (QED) is 0.629. The highest BCUT2D eigenvalue weighted by molar-refractivity contribution is 7.14. The molecule has 27 heavy (non-hydrogen) atoms. The second-order valence-corrected chi connectivity index (χ2v) is 6.42. The first-order valence-corrected chi connectivity index (χ1v) is 9.23. The molecule has 0 bridgehead atoms. The van der Waals surface area contributed by atoms with Gasteiger partial charge in [-0.3, -0.25) is 4.79 Å². The molecule has 0 unspecified atom stereocenters. The Morgan fingerprint density at radius 1 is 1.07 bits per heavy atom. The average molecular weight is 384 g/mol. The van der Waals surface area contributed by atoms with Crippen LogP contribution in [0.5, 0.6) is 17.2 Å². The molecule has 0 spiro atoms. The van der Waals surface area contributed by atoms with Crippen molar-refractivity contribution in [3.05, 3.63) is 53.9 Å². The summed E-state index contributed by atoms with van der Waals surface area (Å²) in [4.78, 5) is 16.6. The van der Waals surface area contributed by atoms with Gasteiger partial charge < -0.3 is 19.5 Å². The van der Waals surface area contributed by atoms with Crippen molar-refractivity contribution in [3.63, 3.8) is 0 Å². The lowest BCUT2D eigenvalue weighted by molar-refractivity contribution is -0.116. The van der Waals surface area contributed by atoms with Crippen LogP contribution in [0.25, 0.3) is 11.3 Å². The maximum Gasteiger partial charge on any atom is 0.229 e. The van der Waals surface area contributed by atoms with E-state index in [0.29, 0.717) is 28.9 Å². The van der Waals surface area contributed by atoms with Gasteiger partial charge in [-0.2, -0.15) is 0 Å². The van der Waals surface area contributed by atoms with E-state index >= 15 is 0 Å². The number of thiazole rings is 1. The Kier molecular flexibility index (Phi) is 6.27.